The van der Waals surface area contributed by atoms with Gasteiger partial charge in [0.15, 0.2) is 0 Å². The number of aromatic nitrogens is 1. The van der Waals surface area contributed by atoms with E-state index in [1.54, 1.807) is 13.3 Å². The molecule has 1 aliphatic heterocycles. The highest BCUT2D eigenvalue weighted by atomic mass is 16.5. The minimum absolute atomic E-state index is 0.0230. The summed E-state index contributed by atoms with van der Waals surface area (Å²) < 4.78 is 7.18. The number of carboxylic acids is 2. The van der Waals surface area contributed by atoms with E-state index in [2.05, 4.69) is 13.8 Å². The van der Waals surface area contributed by atoms with Gasteiger partial charge in [0.2, 0.25) is 0 Å². The fourth-order valence-electron chi connectivity index (χ4n) is 4.46. The molecule has 28 heavy (non-hydrogen) atoms. The summed E-state index contributed by atoms with van der Waals surface area (Å²) in [6, 6.07) is 4.74. The van der Waals surface area contributed by atoms with Crippen molar-refractivity contribution in [2.45, 2.75) is 39.3 Å². The molecule has 7 nitrogen and oxygen atoms in total. The molecule has 1 fully saturated rings. The lowest BCUT2D eigenvalue weighted by molar-refractivity contribution is -0.144. The van der Waals surface area contributed by atoms with Gasteiger partial charge in [0.1, 0.15) is 11.8 Å². The van der Waals surface area contributed by atoms with E-state index < -0.39 is 18.0 Å². The van der Waals surface area contributed by atoms with Crippen LogP contribution in [0.5, 0.6) is 5.75 Å². The first-order valence-electron chi connectivity index (χ1n) is 9.65. The van der Waals surface area contributed by atoms with Crippen LogP contribution in [0, 0.1) is 11.8 Å². The summed E-state index contributed by atoms with van der Waals surface area (Å²) in [5.74, 6) is -0.262. The molecule has 0 radical (unpaired) electrons. The van der Waals surface area contributed by atoms with Gasteiger partial charge in [-0.25, -0.2) is 0 Å². The number of piperidine rings is 1. The van der Waals surface area contributed by atoms with Crippen LogP contribution in [-0.4, -0.2) is 51.8 Å². The molecule has 7 heteroatoms. The Morgan fingerprint density at radius 3 is 2.46 bits per heavy atom. The highest BCUT2D eigenvalue weighted by molar-refractivity contribution is 5.90. The van der Waals surface area contributed by atoms with Crippen molar-refractivity contribution in [3.63, 3.8) is 0 Å². The molecule has 2 heterocycles. The lowest BCUT2D eigenvalue weighted by Crippen LogP contribution is -2.43. The molecule has 3 rings (SSSR count). The van der Waals surface area contributed by atoms with Crippen LogP contribution in [0.15, 0.2) is 24.4 Å². The number of rotatable bonds is 7. The van der Waals surface area contributed by atoms with Crippen LogP contribution in [0.3, 0.4) is 0 Å². The van der Waals surface area contributed by atoms with Crippen LogP contribution in [0.4, 0.5) is 0 Å². The Balaban J connectivity index is 2.09. The molecule has 2 aromatic rings. The van der Waals surface area contributed by atoms with Gasteiger partial charge < -0.3 is 19.5 Å². The summed E-state index contributed by atoms with van der Waals surface area (Å²) in [6.45, 7) is 6.05. The largest absolute Gasteiger partial charge is 0.497 e. The first kappa shape index (κ1) is 20.2. The van der Waals surface area contributed by atoms with Crippen molar-refractivity contribution in [2.24, 2.45) is 11.8 Å². The summed E-state index contributed by atoms with van der Waals surface area (Å²) in [6.07, 6.45) is 2.87. The average molecular weight is 388 g/mol. The van der Waals surface area contributed by atoms with Crippen molar-refractivity contribution in [2.75, 3.05) is 20.2 Å². The molecule has 1 saturated heterocycles. The van der Waals surface area contributed by atoms with Crippen molar-refractivity contribution >= 4 is 22.8 Å². The Hall–Kier alpha value is -2.54. The number of methoxy groups -OCH3 is 1. The smallest absolute Gasteiger partial charge is 0.325 e. The van der Waals surface area contributed by atoms with Crippen molar-refractivity contribution in [1.29, 1.82) is 0 Å². The second-order valence-electron chi connectivity index (χ2n) is 7.95. The molecule has 2 N–H and O–H groups in total. The number of nitrogens with zero attached hydrogens (tertiary/aromatic N) is 2. The normalized spacial score (nSPS) is 21.5. The molecule has 1 aromatic carbocycles. The molecular formula is C21H28N2O5. The van der Waals surface area contributed by atoms with Crippen LogP contribution in [-0.2, 0) is 16.1 Å². The van der Waals surface area contributed by atoms with E-state index >= 15 is 0 Å². The number of carboxylic acid groups (broad SMARTS) is 2. The molecule has 1 aliphatic rings. The Morgan fingerprint density at radius 2 is 1.89 bits per heavy atom. The minimum atomic E-state index is -0.888. The molecular weight excluding hydrogens is 360 g/mol. The molecule has 3 unspecified atom stereocenters. The zero-order chi connectivity index (χ0) is 20.4. The number of aliphatic carboxylic acids is 2. The standard InChI is InChI=1S/C21H28N2O5/c1-13-8-14(2)11-23(10-13)20(21(26)27)17-12-22(7-6-19(24)25)18-5-4-15(28-3)9-16(17)18/h4-5,9,12-14,20H,6-8,10-11H2,1-3H3,(H,24,25)(H,26,27). The number of benzene rings is 1. The van der Waals surface area contributed by atoms with Gasteiger partial charge in [0.25, 0.3) is 0 Å². The minimum Gasteiger partial charge on any atom is -0.497 e. The lowest BCUT2D eigenvalue weighted by atomic mass is 9.89. The van der Waals surface area contributed by atoms with E-state index in [1.807, 2.05) is 27.7 Å². The molecule has 0 amide bonds. The molecule has 152 valence electrons. The average Bonchev–Trinajstić information content (AvgIpc) is 2.96. The predicted octanol–water partition coefficient (Wildman–Crippen LogP) is 3.23. The van der Waals surface area contributed by atoms with Crippen LogP contribution in [0.25, 0.3) is 10.9 Å². The van der Waals surface area contributed by atoms with E-state index in [0.717, 1.165) is 30.4 Å². The second kappa shape index (κ2) is 8.22. The summed E-state index contributed by atoms with van der Waals surface area (Å²) in [7, 11) is 1.57. The van der Waals surface area contributed by atoms with Crippen molar-refractivity contribution in [3.05, 3.63) is 30.0 Å². The molecule has 0 aliphatic carbocycles. The number of fused-ring (bicyclic) bond motifs is 1. The number of carbonyl (C=O) groups is 2. The zero-order valence-electron chi connectivity index (χ0n) is 16.6. The third-order valence-electron chi connectivity index (χ3n) is 5.48. The predicted molar refractivity (Wildman–Crippen MR) is 106 cm³/mol. The van der Waals surface area contributed by atoms with Crippen LogP contribution in [0.1, 0.15) is 38.3 Å². The SMILES string of the molecule is COc1ccc2c(c1)c(C(C(=O)O)N1CC(C)CC(C)C1)cn2CCC(=O)O. The number of hydrogen-bond donors (Lipinski definition) is 2. The third kappa shape index (κ3) is 4.14. The monoisotopic (exact) mass is 388 g/mol. The van der Waals surface area contributed by atoms with E-state index in [4.69, 9.17) is 9.84 Å². The maximum atomic E-state index is 12.3. The van der Waals surface area contributed by atoms with Gasteiger partial charge in [-0.1, -0.05) is 13.8 Å². The van der Waals surface area contributed by atoms with E-state index in [-0.39, 0.29) is 13.0 Å². The molecule has 0 spiro atoms. The van der Waals surface area contributed by atoms with Gasteiger partial charge >= 0.3 is 11.9 Å². The van der Waals surface area contributed by atoms with Crippen LogP contribution < -0.4 is 4.74 Å². The van der Waals surface area contributed by atoms with Crippen molar-refractivity contribution < 1.29 is 24.5 Å². The number of likely N-dealkylation sites (tertiary alicyclic amines) is 1. The number of aryl methyl sites for hydroxylation is 1. The van der Waals surface area contributed by atoms with Gasteiger partial charge in [0, 0.05) is 42.3 Å². The number of hydrogen-bond acceptors (Lipinski definition) is 4. The summed E-state index contributed by atoms with van der Waals surface area (Å²) in [5, 5.41) is 19.9. The maximum Gasteiger partial charge on any atom is 0.325 e. The van der Waals surface area contributed by atoms with Gasteiger partial charge in [-0.05, 0) is 36.5 Å². The lowest BCUT2D eigenvalue weighted by Gasteiger charge is -2.38. The van der Waals surface area contributed by atoms with Gasteiger partial charge in [-0.2, -0.15) is 0 Å². The molecule has 1 aromatic heterocycles. The van der Waals surface area contributed by atoms with E-state index in [0.29, 0.717) is 23.1 Å². The number of ether oxygens (including phenoxy) is 1. The van der Waals surface area contributed by atoms with Gasteiger partial charge in [-0.3, -0.25) is 14.5 Å². The summed E-state index contributed by atoms with van der Waals surface area (Å²) >= 11 is 0. The summed E-state index contributed by atoms with van der Waals surface area (Å²) in [5.41, 5.74) is 1.51. The van der Waals surface area contributed by atoms with Gasteiger partial charge in [0.05, 0.1) is 13.5 Å². The quantitative estimate of drug-likeness (QED) is 0.757. The molecule has 0 saturated carbocycles. The highest BCUT2D eigenvalue weighted by Crippen LogP contribution is 2.36. The Labute approximate surface area is 164 Å². The Bertz CT molecular complexity index is 865. The Morgan fingerprint density at radius 1 is 1.21 bits per heavy atom. The van der Waals surface area contributed by atoms with E-state index in [9.17, 15) is 14.7 Å². The van der Waals surface area contributed by atoms with Crippen LogP contribution in [0.2, 0.25) is 0 Å². The topological polar surface area (TPSA) is 92.0 Å². The van der Waals surface area contributed by atoms with E-state index in [1.165, 1.54) is 0 Å². The second-order valence-corrected chi connectivity index (χ2v) is 7.95. The van der Waals surface area contributed by atoms with Crippen molar-refractivity contribution in [1.82, 2.24) is 9.47 Å². The fourth-order valence-corrected chi connectivity index (χ4v) is 4.46. The first-order chi connectivity index (χ1) is 13.3. The molecule has 3 atom stereocenters. The molecule has 0 bridgehead atoms. The maximum absolute atomic E-state index is 12.3. The van der Waals surface area contributed by atoms with Gasteiger partial charge in [-0.15, -0.1) is 0 Å². The summed E-state index contributed by atoms with van der Waals surface area (Å²) in [4.78, 5) is 25.4. The highest BCUT2D eigenvalue weighted by Gasteiger charge is 2.34. The Kier molecular flexibility index (Phi) is 5.93. The zero-order valence-corrected chi connectivity index (χ0v) is 16.6. The third-order valence-corrected chi connectivity index (χ3v) is 5.48. The van der Waals surface area contributed by atoms with Crippen LogP contribution >= 0.6 is 0 Å². The van der Waals surface area contributed by atoms with Crippen molar-refractivity contribution in [3.8, 4) is 5.75 Å². The first-order valence-corrected chi connectivity index (χ1v) is 9.65. The fraction of sp³-hybridized carbons (Fsp3) is 0.524.